The largest absolute Gasteiger partial charge is 0.354 e. The van der Waals surface area contributed by atoms with Crippen molar-refractivity contribution in [3.8, 4) is 0 Å². The number of nitrogens with zero attached hydrogens (tertiary/aromatic N) is 3. The van der Waals surface area contributed by atoms with Crippen molar-refractivity contribution in [2.75, 3.05) is 24.5 Å². The van der Waals surface area contributed by atoms with Crippen LogP contribution in [0.5, 0.6) is 0 Å². The zero-order valence-corrected chi connectivity index (χ0v) is 10.2. The standard InChI is InChI=1S/C10H11ClN4O3/c11-8-2-1-7(15(17)18)10(13-8)14-5-3-9(16)12-4-6-14/h1-2H,3-6H2,(H,12,16). The summed E-state index contributed by atoms with van der Waals surface area (Å²) in [5, 5.41) is 13.8. The van der Waals surface area contributed by atoms with Crippen LogP contribution in [-0.4, -0.2) is 35.4 Å². The van der Waals surface area contributed by atoms with Crippen LogP contribution >= 0.6 is 11.6 Å². The van der Waals surface area contributed by atoms with E-state index in [1.807, 2.05) is 0 Å². The molecule has 1 aromatic heterocycles. The number of carbonyl (C=O) groups is 1. The van der Waals surface area contributed by atoms with Crippen molar-refractivity contribution in [2.45, 2.75) is 6.42 Å². The fourth-order valence-corrected chi connectivity index (χ4v) is 1.91. The molecule has 0 radical (unpaired) electrons. The van der Waals surface area contributed by atoms with Gasteiger partial charge in [0.1, 0.15) is 5.15 Å². The van der Waals surface area contributed by atoms with Crippen LogP contribution in [-0.2, 0) is 4.79 Å². The number of amides is 1. The lowest BCUT2D eigenvalue weighted by Gasteiger charge is -2.20. The molecule has 0 bridgehead atoms. The molecule has 96 valence electrons. The molecule has 1 aliphatic heterocycles. The summed E-state index contributed by atoms with van der Waals surface area (Å²) in [6.45, 7) is 1.30. The molecule has 1 amide bonds. The number of hydrogen-bond donors (Lipinski definition) is 1. The summed E-state index contributed by atoms with van der Waals surface area (Å²) in [6.07, 6.45) is 0.283. The van der Waals surface area contributed by atoms with Gasteiger partial charge in [-0.15, -0.1) is 0 Å². The van der Waals surface area contributed by atoms with Gasteiger partial charge in [0.2, 0.25) is 11.7 Å². The summed E-state index contributed by atoms with van der Waals surface area (Å²) in [5.74, 6) is 0.145. The van der Waals surface area contributed by atoms with E-state index in [1.54, 1.807) is 4.90 Å². The van der Waals surface area contributed by atoms with Gasteiger partial charge in [0.25, 0.3) is 0 Å². The predicted molar refractivity (Wildman–Crippen MR) is 65.7 cm³/mol. The summed E-state index contributed by atoms with van der Waals surface area (Å²) < 4.78 is 0. The number of anilines is 1. The normalized spacial score (nSPS) is 16.1. The first kappa shape index (κ1) is 12.6. The number of nitro groups is 1. The smallest absolute Gasteiger partial charge is 0.311 e. The highest BCUT2D eigenvalue weighted by Crippen LogP contribution is 2.27. The Hall–Kier alpha value is -1.89. The van der Waals surface area contributed by atoms with Crippen LogP contribution < -0.4 is 10.2 Å². The van der Waals surface area contributed by atoms with Gasteiger partial charge in [0.15, 0.2) is 0 Å². The molecule has 1 saturated heterocycles. The molecule has 18 heavy (non-hydrogen) atoms. The monoisotopic (exact) mass is 270 g/mol. The molecule has 0 unspecified atom stereocenters. The van der Waals surface area contributed by atoms with Gasteiger partial charge < -0.3 is 10.2 Å². The van der Waals surface area contributed by atoms with Gasteiger partial charge in [0, 0.05) is 32.1 Å². The second-order valence-electron chi connectivity index (χ2n) is 3.82. The molecular formula is C10H11ClN4O3. The van der Waals surface area contributed by atoms with E-state index < -0.39 is 4.92 Å². The maximum atomic E-state index is 11.2. The lowest BCUT2D eigenvalue weighted by molar-refractivity contribution is -0.384. The van der Waals surface area contributed by atoms with Gasteiger partial charge in [0.05, 0.1) is 4.92 Å². The molecule has 0 spiro atoms. The summed E-state index contributed by atoms with van der Waals surface area (Å²) >= 11 is 5.77. The van der Waals surface area contributed by atoms with Gasteiger partial charge in [-0.2, -0.15) is 0 Å². The molecular weight excluding hydrogens is 260 g/mol. The minimum absolute atomic E-state index is 0.0674. The van der Waals surface area contributed by atoms with Crippen LogP contribution in [0.15, 0.2) is 12.1 Å². The Morgan fingerprint density at radius 1 is 1.44 bits per heavy atom. The van der Waals surface area contributed by atoms with Crippen molar-refractivity contribution in [1.29, 1.82) is 0 Å². The average Bonchev–Trinajstić information content (AvgIpc) is 2.53. The Labute approximate surface area is 108 Å². The lowest BCUT2D eigenvalue weighted by atomic mass is 10.3. The van der Waals surface area contributed by atoms with E-state index in [4.69, 9.17) is 11.6 Å². The number of halogens is 1. The zero-order chi connectivity index (χ0) is 13.1. The Bertz CT molecular complexity index is 494. The topological polar surface area (TPSA) is 88.4 Å². The van der Waals surface area contributed by atoms with Crippen LogP contribution in [0, 0.1) is 10.1 Å². The number of aromatic nitrogens is 1. The van der Waals surface area contributed by atoms with E-state index in [9.17, 15) is 14.9 Å². The predicted octanol–water partition coefficient (Wildman–Crippen LogP) is 0.969. The molecule has 1 N–H and O–H groups in total. The fourth-order valence-electron chi connectivity index (χ4n) is 1.77. The van der Waals surface area contributed by atoms with Gasteiger partial charge in [-0.25, -0.2) is 4.98 Å². The Balaban J connectivity index is 2.33. The highest BCUT2D eigenvalue weighted by atomic mass is 35.5. The molecule has 1 aromatic rings. The summed E-state index contributed by atoms with van der Waals surface area (Å²) in [6, 6.07) is 2.70. The van der Waals surface area contributed by atoms with Crippen molar-refractivity contribution >= 4 is 29.0 Å². The minimum Gasteiger partial charge on any atom is -0.354 e. The van der Waals surface area contributed by atoms with E-state index in [0.29, 0.717) is 19.6 Å². The summed E-state index contributed by atoms with van der Waals surface area (Å²) in [7, 11) is 0. The molecule has 0 atom stereocenters. The summed E-state index contributed by atoms with van der Waals surface area (Å²) in [4.78, 5) is 27.4. The van der Waals surface area contributed by atoms with Crippen LogP contribution in [0.3, 0.4) is 0 Å². The molecule has 1 aliphatic rings. The van der Waals surface area contributed by atoms with Crippen molar-refractivity contribution in [3.05, 3.63) is 27.4 Å². The van der Waals surface area contributed by atoms with Gasteiger partial charge in [-0.1, -0.05) is 11.6 Å². The first-order valence-corrected chi connectivity index (χ1v) is 5.78. The third kappa shape index (κ3) is 2.67. The van der Waals surface area contributed by atoms with E-state index in [1.165, 1.54) is 12.1 Å². The highest BCUT2D eigenvalue weighted by Gasteiger charge is 2.23. The first-order chi connectivity index (χ1) is 8.58. The molecule has 0 aromatic carbocycles. The number of nitrogens with one attached hydrogen (secondary N) is 1. The maximum absolute atomic E-state index is 11.2. The Kier molecular flexibility index (Phi) is 3.61. The second kappa shape index (κ2) is 5.18. The molecule has 1 fully saturated rings. The van der Waals surface area contributed by atoms with Crippen LogP contribution in [0.4, 0.5) is 11.5 Å². The zero-order valence-electron chi connectivity index (χ0n) is 9.43. The van der Waals surface area contributed by atoms with Gasteiger partial charge in [-0.05, 0) is 6.07 Å². The van der Waals surface area contributed by atoms with Crippen LogP contribution in [0.25, 0.3) is 0 Å². The van der Waals surface area contributed by atoms with Crippen molar-refractivity contribution in [3.63, 3.8) is 0 Å². The first-order valence-electron chi connectivity index (χ1n) is 5.40. The molecule has 0 saturated carbocycles. The molecule has 0 aliphatic carbocycles. The van der Waals surface area contributed by atoms with E-state index in [-0.39, 0.29) is 29.0 Å². The van der Waals surface area contributed by atoms with E-state index >= 15 is 0 Å². The highest BCUT2D eigenvalue weighted by molar-refractivity contribution is 6.29. The quantitative estimate of drug-likeness (QED) is 0.491. The van der Waals surface area contributed by atoms with Gasteiger partial charge >= 0.3 is 5.69 Å². The fraction of sp³-hybridized carbons (Fsp3) is 0.400. The van der Waals surface area contributed by atoms with Crippen LogP contribution in [0.2, 0.25) is 5.15 Å². The van der Waals surface area contributed by atoms with E-state index in [2.05, 4.69) is 10.3 Å². The number of pyridine rings is 1. The molecule has 2 heterocycles. The van der Waals surface area contributed by atoms with Gasteiger partial charge in [-0.3, -0.25) is 14.9 Å². The molecule has 7 nitrogen and oxygen atoms in total. The number of carbonyl (C=O) groups excluding carboxylic acids is 1. The minimum atomic E-state index is -0.501. The molecule has 8 heteroatoms. The van der Waals surface area contributed by atoms with Crippen molar-refractivity contribution in [2.24, 2.45) is 0 Å². The van der Waals surface area contributed by atoms with Crippen molar-refractivity contribution in [1.82, 2.24) is 10.3 Å². The third-order valence-electron chi connectivity index (χ3n) is 2.63. The second-order valence-corrected chi connectivity index (χ2v) is 4.21. The Morgan fingerprint density at radius 2 is 2.22 bits per heavy atom. The van der Waals surface area contributed by atoms with E-state index in [0.717, 1.165) is 0 Å². The Morgan fingerprint density at radius 3 is 2.94 bits per heavy atom. The van der Waals surface area contributed by atoms with Crippen molar-refractivity contribution < 1.29 is 9.72 Å². The van der Waals surface area contributed by atoms with Crippen LogP contribution in [0.1, 0.15) is 6.42 Å². The lowest BCUT2D eigenvalue weighted by Crippen LogP contribution is -2.29. The average molecular weight is 271 g/mol. The summed E-state index contributed by atoms with van der Waals surface area (Å²) in [5.41, 5.74) is -0.103. The number of hydrogen-bond acceptors (Lipinski definition) is 5. The SMILES string of the molecule is O=C1CCN(c2nc(Cl)ccc2[N+](=O)[O-])CCN1. The third-order valence-corrected chi connectivity index (χ3v) is 2.84. The maximum Gasteiger partial charge on any atom is 0.311 e. The number of rotatable bonds is 2. The molecule has 2 rings (SSSR count).